The van der Waals surface area contributed by atoms with Crippen molar-refractivity contribution >= 4 is 11.9 Å². The number of ether oxygens (including phenoxy) is 2. The third-order valence-corrected chi connectivity index (χ3v) is 1.38. The molecule has 4 nitrogen and oxygen atoms in total. The molecule has 0 fully saturated rings. The lowest BCUT2D eigenvalue weighted by atomic mass is 10.4. The third kappa shape index (κ3) is 12.7. The molecule has 8 heteroatoms. The van der Waals surface area contributed by atoms with Crippen molar-refractivity contribution in [3.63, 3.8) is 0 Å². The third-order valence-electron chi connectivity index (χ3n) is 1.38. The molecule has 0 aromatic carbocycles. The summed E-state index contributed by atoms with van der Waals surface area (Å²) in [6, 6.07) is 0. The second kappa shape index (κ2) is 10.8. The number of halogens is 4. The smallest absolute Gasteiger partial charge is 0.464 e. The number of hydrogen-bond donors (Lipinski definition) is 0. The van der Waals surface area contributed by atoms with Crippen molar-refractivity contribution in [2.75, 3.05) is 19.9 Å². The first kappa shape index (κ1) is 19.0. The Balaban J connectivity index is 0. The summed E-state index contributed by atoms with van der Waals surface area (Å²) in [6.07, 6.45) is -3.08. The zero-order valence-corrected chi connectivity index (χ0v) is 10.2. The lowest BCUT2D eigenvalue weighted by molar-refractivity contribution is -0.199. The average molecular weight is 276 g/mol. The molecule has 0 rings (SSSR count). The molecule has 108 valence electrons. The van der Waals surface area contributed by atoms with E-state index in [1.165, 1.54) is 6.92 Å². The van der Waals surface area contributed by atoms with Gasteiger partial charge in [0.2, 0.25) is 0 Å². The summed E-state index contributed by atoms with van der Waals surface area (Å²) in [4.78, 5) is 19.8. The lowest BCUT2D eigenvalue weighted by Gasteiger charge is -2.02. The maximum atomic E-state index is 11.3. The van der Waals surface area contributed by atoms with Gasteiger partial charge in [-0.25, -0.2) is 14.0 Å². The Labute approximate surface area is 102 Å². The first-order valence-electron chi connectivity index (χ1n) is 5.25. The zero-order chi connectivity index (χ0) is 14.6. The maximum Gasteiger partial charge on any atom is 0.490 e. The van der Waals surface area contributed by atoms with Crippen LogP contribution in [0.25, 0.3) is 0 Å². The van der Waals surface area contributed by atoms with E-state index in [2.05, 4.69) is 9.47 Å². The molecule has 0 saturated heterocycles. The Morgan fingerprint density at radius 3 is 1.94 bits per heavy atom. The first-order valence-corrected chi connectivity index (χ1v) is 5.25. The van der Waals surface area contributed by atoms with Gasteiger partial charge in [-0.05, 0) is 13.3 Å². The predicted molar refractivity (Wildman–Crippen MR) is 54.5 cm³/mol. The summed E-state index contributed by atoms with van der Waals surface area (Å²) < 4.78 is 52.9. The Kier molecular flexibility index (Phi) is 11.4. The SMILES string of the molecule is CCCCOC(=O)CF.CCOC(=O)C(F)(F)F. The summed E-state index contributed by atoms with van der Waals surface area (Å²) in [5.41, 5.74) is 0. The number of unbranched alkanes of at least 4 members (excludes halogenated alkanes) is 1. The van der Waals surface area contributed by atoms with E-state index < -0.39 is 24.8 Å². The van der Waals surface area contributed by atoms with Gasteiger partial charge in [-0.15, -0.1) is 0 Å². The van der Waals surface area contributed by atoms with Gasteiger partial charge in [-0.1, -0.05) is 13.3 Å². The van der Waals surface area contributed by atoms with E-state index in [-0.39, 0.29) is 6.61 Å². The minimum absolute atomic E-state index is 0.252. The van der Waals surface area contributed by atoms with Gasteiger partial charge in [-0.2, -0.15) is 13.2 Å². The highest BCUT2D eigenvalue weighted by Gasteiger charge is 2.40. The quantitative estimate of drug-likeness (QED) is 0.439. The van der Waals surface area contributed by atoms with Crippen LogP contribution in [-0.4, -0.2) is 38.0 Å². The van der Waals surface area contributed by atoms with E-state index in [1.54, 1.807) is 0 Å². The summed E-state index contributed by atoms with van der Waals surface area (Å²) >= 11 is 0. The van der Waals surface area contributed by atoms with Crippen molar-refractivity contribution in [2.45, 2.75) is 32.9 Å². The van der Waals surface area contributed by atoms with Gasteiger partial charge in [0.05, 0.1) is 13.2 Å². The second-order valence-corrected chi connectivity index (χ2v) is 2.93. The molecule has 0 aromatic heterocycles. The highest BCUT2D eigenvalue weighted by Crippen LogP contribution is 2.15. The lowest BCUT2D eigenvalue weighted by Crippen LogP contribution is -2.25. The van der Waals surface area contributed by atoms with E-state index >= 15 is 0 Å². The van der Waals surface area contributed by atoms with Crippen molar-refractivity contribution in [3.8, 4) is 0 Å². The van der Waals surface area contributed by atoms with Crippen LogP contribution in [0, 0.1) is 0 Å². The molecule has 0 unspecified atom stereocenters. The van der Waals surface area contributed by atoms with E-state index in [0.717, 1.165) is 12.8 Å². The highest BCUT2D eigenvalue weighted by molar-refractivity contribution is 5.75. The minimum atomic E-state index is -4.85. The monoisotopic (exact) mass is 276 g/mol. The van der Waals surface area contributed by atoms with Gasteiger partial charge in [0.15, 0.2) is 6.67 Å². The van der Waals surface area contributed by atoms with Crippen LogP contribution in [0.4, 0.5) is 17.6 Å². The minimum Gasteiger partial charge on any atom is -0.464 e. The standard InChI is InChI=1S/C6H11FO2.C4H5F3O2/c1-2-3-4-9-6(8)5-7;1-2-9-3(8)4(5,6)7/h2-5H2,1H3;2H2,1H3. The number of hydrogen-bond acceptors (Lipinski definition) is 4. The van der Waals surface area contributed by atoms with Crippen LogP contribution in [0.1, 0.15) is 26.7 Å². The zero-order valence-electron chi connectivity index (χ0n) is 10.2. The molecular formula is C10H16F4O4. The van der Waals surface area contributed by atoms with Crippen LogP contribution < -0.4 is 0 Å². The summed E-state index contributed by atoms with van der Waals surface area (Å²) in [5.74, 6) is -2.89. The van der Waals surface area contributed by atoms with Crippen molar-refractivity contribution in [3.05, 3.63) is 0 Å². The molecule has 0 atom stereocenters. The molecule has 0 amide bonds. The van der Waals surface area contributed by atoms with Gasteiger partial charge >= 0.3 is 18.1 Å². The number of carbonyl (C=O) groups is 2. The molecule has 0 aliphatic heterocycles. The van der Waals surface area contributed by atoms with Crippen molar-refractivity contribution < 1.29 is 36.6 Å². The molecular weight excluding hydrogens is 260 g/mol. The largest absolute Gasteiger partial charge is 0.490 e. The van der Waals surface area contributed by atoms with Crippen LogP contribution >= 0.6 is 0 Å². The molecule has 18 heavy (non-hydrogen) atoms. The van der Waals surface area contributed by atoms with Crippen LogP contribution in [0.15, 0.2) is 0 Å². The van der Waals surface area contributed by atoms with E-state index in [9.17, 15) is 27.2 Å². The van der Waals surface area contributed by atoms with Crippen LogP contribution in [0.2, 0.25) is 0 Å². The van der Waals surface area contributed by atoms with Crippen LogP contribution in [0.3, 0.4) is 0 Å². The van der Waals surface area contributed by atoms with Crippen molar-refractivity contribution in [2.24, 2.45) is 0 Å². The molecule has 0 N–H and O–H groups in total. The summed E-state index contributed by atoms with van der Waals surface area (Å²) in [6.45, 7) is 2.37. The van der Waals surface area contributed by atoms with E-state index in [0.29, 0.717) is 6.61 Å². The van der Waals surface area contributed by atoms with Crippen molar-refractivity contribution in [1.82, 2.24) is 0 Å². The molecule has 0 aromatic rings. The Hall–Kier alpha value is -1.34. The normalized spacial score (nSPS) is 10.1. The van der Waals surface area contributed by atoms with Gasteiger partial charge in [0.1, 0.15) is 0 Å². The fourth-order valence-electron chi connectivity index (χ4n) is 0.582. The molecule has 0 aliphatic carbocycles. The molecule has 0 bridgehead atoms. The fourth-order valence-corrected chi connectivity index (χ4v) is 0.582. The summed E-state index contributed by atoms with van der Waals surface area (Å²) in [5, 5.41) is 0. The highest BCUT2D eigenvalue weighted by atomic mass is 19.4. The average Bonchev–Trinajstić information content (AvgIpc) is 2.29. The van der Waals surface area contributed by atoms with Gasteiger partial charge < -0.3 is 9.47 Å². The Bertz CT molecular complexity index is 241. The number of alkyl halides is 4. The van der Waals surface area contributed by atoms with Crippen molar-refractivity contribution in [1.29, 1.82) is 0 Å². The number of carbonyl (C=O) groups excluding carboxylic acids is 2. The molecule has 0 spiro atoms. The fraction of sp³-hybridized carbons (Fsp3) is 0.800. The molecule has 0 aliphatic rings. The van der Waals surface area contributed by atoms with Gasteiger partial charge in [-0.3, -0.25) is 0 Å². The Morgan fingerprint density at radius 1 is 1.11 bits per heavy atom. The van der Waals surface area contributed by atoms with E-state index in [1.807, 2.05) is 6.92 Å². The second-order valence-electron chi connectivity index (χ2n) is 2.93. The topological polar surface area (TPSA) is 52.6 Å². The number of rotatable bonds is 5. The van der Waals surface area contributed by atoms with Gasteiger partial charge in [0, 0.05) is 0 Å². The Morgan fingerprint density at radius 2 is 1.67 bits per heavy atom. The predicted octanol–water partition coefficient (Wildman–Crippen LogP) is 2.41. The first-order chi connectivity index (χ1) is 8.29. The van der Waals surface area contributed by atoms with Crippen LogP contribution in [-0.2, 0) is 19.1 Å². The van der Waals surface area contributed by atoms with Crippen LogP contribution in [0.5, 0.6) is 0 Å². The molecule has 0 saturated carbocycles. The van der Waals surface area contributed by atoms with E-state index in [4.69, 9.17) is 0 Å². The molecule has 0 heterocycles. The summed E-state index contributed by atoms with van der Waals surface area (Å²) in [7, 11) is 0. The van der Waals surface area contributed by atoms with Gasteiger partial charge in [0.25, 0.3) is 0 Å². The number of esters is 2. The maximum absolute atomic E-state index is 11.3. The molecule has 0 radical (unpaired) electrons.